The van der Waals surface area contributed by atoms with Crippen LogP contribution in [0.25, 0.3) is 0 Å². The highest BCUT2D eigenvalue weighted by Crippen LogP contribution is 2.34. The maximum Gasteiger partial charge on any atom is 0.191 e. The Morgan fingerprint density at radius 3 is 2.74 bits per heavy atom. The lowest BCUT2D eigenvalue weighted by molar-refractivity contribution is 0.0625. The smallest absolute Gasteiger partial charge is 0.191 e. The Morgan fingerprint density at radius 2 is 2.03 bits per heavy atom. The van der Waals surface area contributed by atoms with E-state index >= 15 is 0 Å². The lowest BCUT2D eigenvalue weighted by atomic mass is 9.80. The third-order valence-corrected chi connectivity index (χ3v) is 7.73. The zero-order valence-corrected chi connectivity index (χ0v) is 22.1. The van der Waals surface area contributed by atoms with Crippen molar-refractivity contribution in [2.24, 2.45) is 4.99 Å². The number of fused-ring (bicyclic) bond motifs is 1. The van der Waals surface area contributed by atoms with Gasteiger partial charge in [0.25, 0.3) is 0 Å². The second kappa shape index (κ2) is 12.0. The van der Waals surface area contributed by atoms with E-state index in [9.17, 15) is 0 Å². The molecule has 4 rings (SSSR count). The van der Waals surface area contributed by atoms with Crippen molar-refractivity contribution < 1.29 is 4.74 Å². The second-order valence-electron chi connectivity index (χ2n) is 8.75. The van der Waals surface area contributed by atoms with Gasteiger partial charge in [0.1, 0.15) is 12.4 Å². The van der Waals surface area contributed by atoms with Crippen molar-refractivity contribution in [3.05, 3.63) is 11.6 Å². The van der Waals surface area contributed by atoms with Gasteiger partial charge in [0.05, 0.1) is 6.54 Å². The molecule has 1 atom stereocenters. The molecular formula is C21H38IN7OS. The predicted molar refractivity (Wildman–Crippen MR) is 137 cm³/mol. The minimum atomic E-state index is 0. The summed E-state index contributed by atoms with van der Waals surface area (Å²) in [5.74, 6) is 5.28. The molecule has 2 aliphatic heterocycles. The molecule has 1 saturated carbocycles. The summed E-state index contributed by atoms with van der Waals surface area (Å²) in [6, 6.07) is 0.314. The Morgan fingerprint density at radius 1 is 1.26 bits per heavy atom. The lowest BCUT2D eigenvalue weighted by Crippen LogP contribution is -2.60. The highest BCUT2D eigenvalue weighted by Gasteiger charge is 2.38. The first-order valence-electron chi connectivity index (χ1n) is 11.4. The number of rotatable bonds is 6. The van der Waals surface area contributed by atoms with Crippen molar-refractivity contribution >= 4 is 41.7 Å². The van der Waals surface area contributed by atoms with Gasteiger partial charge in [-0.25, -0.2) is 9.67 Å². The number of hydrogen-bond acceptors (Lipinski definition) is 6. The topological polar surface area (TPSA) is 79.6 Å². The molecule has 3 heterocycles. The second-order valence-corrected chi connectivity index (χ2v) is 9.97. The first kappa shape index (κ1) is 25.0. The van der Waals surface area contributed by atoms with E-state index in [4.69, 9.17) is 4.74 Å². The Bertz CT molecular complexity index is 717. The van der Waals surface area contributed by atoms with Crippen LogP contribution in [0.15, 0.2) is 4.99 Å². The summed E-state index contributed by atoms with van der Waals surface area (Å²) >= 11 is 2.09. The molecule has 2 fully saturated rings. The number of nitrogens with one attached hydrogen (secondary N) is 2. The SMILES string of the molecule is CN=C(NCC1(N2CCSCC2)CCCCC1)NC1CCc2nc(COC)nn2C1.I. The van der Waals surface area contributed by atoms with Gasteiger partial charge in [-0.1, -0.05) is 19.3 Å². The summed E-state index contributed by atoms with van der Waals surface area (Å²) in [5.41, 5.74) is 0.289. The molecule has 1 aromatic rings. The fourth-order valence-electron chi connectivity index (χ4n) is 5.16. The number of nitrogens with zero attached hydrogens (tertiary/aromatic N) is 5. The van der Waals surface area contributed by atoms with Crippen LogP contribution < -0.4 is 10.6 Å². The maximum absolute atomic E-state index is 5.18. The fraction of sp³-hybridized carbons (Fsp3) is 0.857. The van der Waals surface area contributed by atoms with Crippen molar-refractivity contribution in [2.75, 3.05) is 45.3 Å². The molecule has 10 heteroatoms. The average molecular weight is 564 g/mol. The van der Waals surface area contributed by atoms with Gasteiger partial charge in [0, 0.05) is 63.3 Å². The monoisotopic (exact) mass is 563 g/mol. The standard InChI is InChI=1S/C21H37N7OS.HI/c1-22-20(24-17-6-7-19-25-18(15-29-2)26-28(19)14-17)23-16-21(8-4-3-5-9-21)27-10-12-30-13-11-27;/h17H,3-16H2,1-2H3,(H2,22,23,24);1H. The number of aliphatic imine (C=N–C) groups is 1. The highest BCUT2D eigenvalue weighted by atomic mass is 127. The number of aromatic nitrogens is 3. The summed E-state index contributed by atoms with van der Waals surface area (Å²) in [6.45, 7) is 4.72. The third kappa shape index (κ3) is 6.26. The van der Waals surface area contributed by atoms with Gasteiger partial charge in [-0.05, 0) is 19.3 Å². The number of methoxy groups -OCH3 is 1. The van der Waals surface area contributed by atoms with Crippen molar-refractivity contribution in [2.45, 2.75) is 69.7 Å². The van der Waals surface area contributed by atoms with E-state index in [0.717, 1.165) is 43.5 Å². The van der Waals surface area contributed by atoms with E-state index in [-0.39, 0.29) is 29.5 Å². The van der Waals surface area contributed by atoms with Crippen molar-refractivity contribution in [1.29, 1.82) is 0 Å². The molecule has 176 valence electrons. The molecule has 0 spiro atoms. The highest BCUT2D eigenvalue weighted by molar-refractivity contribution is 14.0. The van der Waals surface area contributed by atoms with Gasteiger partial charge < -0.3 is 15.4 Å². The predicted octanol–water partition coefficient (Wildman–Crippen LogP) is 2.27. The molecule has 0 bridgehead atoms. The Hall–Kier alpha value is -0.590. The molecule has 8 nitrogen and oxygen atoms in total. The molecule has 31 heavy (non-hydrogen) atoms. The van der Waals surface area contributed by atoms with E-state index in [1.165, 1.54) is 56.7 Å². The van der Waals surface area contributed by atoms with E-state index in [0.29, 0.717) is 12.6 Å². The van der Waals surface area contributed by atoms with Crippen LogP contribution >= 0.6 is 35.7 Å². The molecule has 0 aromatic carbocycles. The van der Waals surface area contributed by atoms with E-state index in [2.05, 4.69) is 42.4 Å². The van der Waals surface area contributed by atoms with Crippen LogP contribution in [0.1, 0.15) is 50.2 Å². The molecular weight excluding hydrogens is 525 g/mol. The van der Waals surface area contributed by atoms with E-state index < -0.39 is 0 Å². The Kier molecular flexibility index (Phi) is 9.72. The minimum absolute atomic E-state index is 0. The Labute approximate surface area is 207 Å². The molecule has 1 aromatic heterocycles. The van der Waals surface area contributed by atoms with Crippen LogP contribution in [0.2, 0.25) is 0 Å². The van der Waals surface area contributed by atoms with Crippen LogP contribution in [0.4, 0.5) is 0 Å². The summed E-state index contributed by atoms with van der Waals surface area (Å²) in [4.78, 5) is 11.9. The van der Waals surface area contributed by atoms with Crippen molar-refractivity contribution in [3.63, 3.8) is 0 Å². The van der Waals surface area contributed by atoms with Crippen LogP contribution in [0.3, 0.4) is 0 Å². The van der Waals surface area contributed by atoms with E-state index in [1.807, 2.05) is 11.7 Å². The molecule has 1 unspecified atom stereocenters. The molecule has 0 amide bonds. The van der Waals surface area contributed by atoms with Crippen LogP contribution in [0.5, 0.6) is 0 Å². The van der Waals surface area contributed by atoms with Crippen LogP contribution in [-0.2, 0) is 24.3 Å². The summed E-state index contributed by atoms with van der Waals surface area (Å²) < 4.78 is 7.20. The minimum Gasteiger partial charge on any atom is -0.377 e. The first-order chi connectivity index (χ1) is 14.7. The number of thioether (sulfide) groups is 1. The summed E-state index contributed by atoms with van der Waals surface area (Å²) in [5, 5.41) is 11.9. The van der Waals surface area contributed by atoms with E-state index in [1.54, 1.807) is 7.11 Å². The number of halogens is 1. The van der Waals surface area contributed by atoms with Crippen LogP contribution in [0, 0.1) is 0 Å². The average Bonchev–Trinajstić information content (AvgIpc) is 3.20. The van der Waals surface area contributed by atoms with Crippen molar-refractivity contribution in [1.82, 2.24) is 30.3 Å². The van der Waals surface area contributed by atoms with Crippen LogP contribution in [-0.4, -0.2) is 82.5 Å². The Balaban J connectivity index is 0.00000272. The van der Waals surface area contributed by atoms with Gasteiger partial charge in [-0.2, -0.15) is 16.9 Å². The number of aryl methyl sites for hydroxylation is 1. The van der Waals surface area contributed by atoms with Gasteiger partial charge in [-0.15, -0.1) is 24.0 Å². The zero-order chi connectivity index (χ0) is 20.8. The van der Waals surface area contributed by atoms with Crippen molar-refractivity contribution in [3.8, 4) is 0 Å². The quantitative estimate of drug-likeness (QED) is 0.313. The number of hydrogen-bond donors (Lipinski definition) is 2. The van der Waals surface area contributed by atoms with Gasteiger partial charge in [0.2, 0.25) is 0 Å². The maximum atomic E-state index is 5.18. The molecule has 1 saturated heterocycles. The largest absolute Gasteiger partial charge is 0.377 e. The first-order valence-corrected chi connectivity index (χ1v) is 12.6. The fourth-order valence-corrected chi connectivity index (χ4v) is 6.06. The van der Waals surface area contributed by atoms with Gasteiger partial charge >= 0.3 is 0 Å². The summed E-state index contributed by atoms with van der Waals surface area (Å²) in [7, 11) is 3.56. The van der Waals surface area contributed by atoms with Gasteiger partial charge in [0.15, 0.2) is 11.8 Å². The molecule has 3 aliphatic rings. The summed E-state index contributed by atoms with van der Waals surface area (Å²) in [6.07, 6.45) is 8.65. The number of ether oxygens (including phenoxy) is 1. The molecule has 0 radical (unpaired) electrons. The molecule has 2 N–H and O–H groups in total. The third-order valence-electron chi connectivity index (χ3n) is 6.79. The van der Waals surface area contributed by atoms with Gasteiger partial charge in [-0.3, -0.25) is 9.89 Å². The molecule has 1 aliphatic carbocycles. The normalized spacial score (nSPS) is 24.2. The zero-order valence-electron chi connectivity index (χ0n) is 18.9. The number of guanidine groups is 1. The lowest BCUT2D eigenvalue weighted by Gasteiger charge is -2.48.